The highest BCUT2D eigenvalue weighted by molar-refractivity contribution is 7.89. The molecule has 0 bridgehead atoms. The van der Waals surface area contributed by atoms with E-state index in [-0.39, 0.29) is 29.2 Å². The number of nitrogens with zero attached hydrogens (tertiary/aromatic N) is 3. The van der Waals surface area contributed by atoms with Crippen molar-refractivity contribution < 1.29 is 18.0 Å². The van der Waals surface area contributed by atoms with Crippen molar-refractivity contribution in [1.82, 2.24) is 24.7 Å². The summed E-state index contributed by atoms with van der Waals surface area (Å²) < 4.78 is 28.4. The Hall–Kier alpha value is -2.34. The van der Waals surface area contributed by atoms with Crippen molar-refractivity contribution in [3.8, 4) is 0 Å². The van der Waals surface area contributed by atoms with Gasteiger partial charge in [-0.25, -0.2) is 8.42 Å². The van der Waals surface area contributed by atoms with Crippen LogP contribution in [-0.2, 0) is 19.6 Å². The Morgan fingerprint density at radius 3 is 2.62 bits per heavy atom. The summed E-state index contributed by atoms with van der Waals surface area (Å²) in [6.07, 6.45) is 5.92. The summed E-state index contributed by atoms with van der Waals surface area (Å²) >= 11 is 6.30. The van der Waals surface area contributed by atoms with Gasteiger partial charge in [-0.3, -0.25) is 19.8 Å². The summed E-state index contributed by atoms with van der Waals surface area (Å²) in [5, 5.41) is 6.61. The molecule has 0 aromatic heterocycles. The number of halogens is 1. The zero-order valence-electron chi connectivity index (χ0n) is 18.4. The third-order valence-corrected chi connectivity index (χ3v) is 8.68. The van der Waals surface area contributed by atoms with Crippen LogP contribution < -0.4 is 10.6 Å². The van der Waals surface area contributed by atoms with Crippen molar-refractivity contribution in [3.05, 3.63) is 65.9 Å². The predicted octanol–water partition coefficient (Wildman–Crippen LogP) is 0.237. The molecule has 3 atom stereocenters. The van der Waals surface area contributed by atoms with Gasteiger partial charge in [-0.2, -0.15) is 4.31 Å². The predicted molar refractivity (Wildman–Crippen MR) is 127 cm³/mol. The van der Waals surface area contributed by atoms with Crippen molar-refractivity contribution in [3.63, 3.8) is 0 Å². The quantitative estimate of drug-likeness (QED) is 0.438. The zero-order valence-corrected chi connectivity index (χ0v) is 20.0. The Morgan fingerprint density at radius 2 is 1.85 bits per heavy atom. The van der Waals surface area contributed by atoms with Gasteiger partial charge in [0.2, 0.25) is 10.0 Å². The average molecular weight is 504 g/mol. The zero-order chi connectivity index (χ0) is 23.9. The monoisotopic (exact) mass is 503 g/mol. The fraction of sp³-hybridized carbons (Fsp3) is 0.391. The van der Waals surface area contributed by atoms with Crippen LogP contribution in [-0.4, -0.2) is 91.2 Å². The first-order chi connectivity index (χ1) is 16.3. The number of allylic oxidation sites excluding steroid dienone is 3. The molecular weight excluding hydrogens is 478 g/mol. The topological polar surface area (TPSA) is 102 Å². The van der Waals surface area contributed by atoms with Gasteiger partial charge in [-0.05, 0) is 24.3 Å². The molecule has 3 heterocycles. The molecule has 0 spiro atoms. The molecule has 180 valence electrons. The fourth-order valence-corrected chi connectivity index (χ4v) is 6.79. The van der Waals surface area contributed by atoms with Crippen LogP contribution in [0.25, 0.3) is 0 Å². The van der Waals surface area contributed by atoms with Gasteiger partial charge in [0.15, 0.2) is 5.78 Å². The second-order valence-corrected chi connectivity index (χ2v) is 11.1. The van der Waals surface area contributed by atoms with E-state index in [0.29, 0.717) is 43.9 Å². The van der Waals surface area contributed by atoms with E-state index in [9.17, 15) is 18.0 Å². The highest BCUT2D eigenvalue weighted by atomic mass is 35.5. The lowest BCUT2D eigenvalue weighted by Gasteiger charge is -2.46. The number of alkyl halides is 1. The third kappa shape index (κ3) is 4.37. The Bertz CT molecular complexity index is 1180. The van der Waals surface area contributed by atoms with Gasteiger partial charge in [-0.1, -0.05) is 24.3 Å². The summed E-state index contributed by atoms with van der Waals surface area (Å²) in [4.78, 5) is 28.8. The molecule has 2 saturated heterocycles. The average Bonchev–Trinajstić information content (AvgIpc) is 3.16. The number of nitrogens with one attached hydrogen (secondary N) is 2. The van der Waals surface area contributed by atoms with Gasteiger partial charge in [0.05, 0.1) is 27.7 Å². The van der Waals surface area contributed by atoms with E-state index >= 15 is 0 Å². The van der Waals surface area contributed by atoms with Crippen LogP contribution in [0, 0.1) is 0 Å². The maximum Gasteiger partial charge on any atom is 0.258 e. The lowest BCUT2D eigenvalue weighted by Crippen LogP contribution is -2.67. The minimum Gasteiger partial charge on any atom is -0.313 e. The summed E-state index contributed by atoms with van der Waals surface area (Å²) in [6.45, 7) is 2.77. The minimum absolute atomic E-state index is 0.0895. The first-order valence-corrected chi connectivity index (χ1v) is 13.1. The molecule has 4 aliphatic rings. The molecule has 2 N–H and O–H groups in total. The maximum atomic E-state index is 13.5. The number of carbonyl (C=O) groups is 2. The number of sulfonamides is 1. The van der Waals surface area contributed by atoms with Crippen molar-refractivity contribution in [2.24, 2.45) is 0 Å². The lowest BCUT2D eigenvalue weighted by molar-refractivity contribution is -0.124. The number of fused-ring (bicyclic) bond motifs is 1. The first kappa shape index (κ1) is 23.4. The van der Waals surface area contributed by atoms with Crippen molar-refractivity contribution in [2.75, 3.05) is 39.3 Å². The minimum atomic E-state index is -3.74. The molecule has 5 rings (SSSR count). The van der Waals surface area contributed by atoms with Crippen molar-refractivity contribution in [1.29, 1.82) is 0 Å². The Labute approximate surface area is 203 Å². The highest BCUT2D eigenvalue weighted by Gasteiger charge is 2.41. The number of benzene rings is 1. The first-order valence-electron chi connectivity index (χ1n) is 11.2. The highest BCUT2D eigenvalue weighted by Crippen LogP contribution is 2.28. The second-order valence-electron chi connectivity index (χ2n) is 8.69. The van der Waals surface area contributed by atoms with E-state index in [0.717, 1.165) is 0 Å². The molecule has 9 nitrogen and oxygen atoms in total. The third-order valence-electron chi connectivity index (χ3n) is 6.51. The maximum absolute atomic E-state index is 13.5. The number of hydrogen-bond acceptors (Lipinski definition) is 7. The molecule has 1 aromatic carbocycles. The molecular formula is C23H26ClN5O4S. The van der Waals surface area contributed by atoms with Crippen molar-refractivity contribution >= 4 is 33.3 Å². The molecule has 3 unspecified atom stereocenters. The largest absolute Gasteiger partial charge is 0.313 e. The van der Waals surface area contributed by atoms with E-state index in [2.05, 4.69) is 15.5 Å². The SMILES string of the molecule is O=C1C=CC=C2C(=O)N(CC3CN(C4CNC(Cl)CN4S(=O)(=O)c4ccccc4)CCN3)C=C12. The molecule has 34 heavy (non-hydrogen) atoms. The normalized spacial score (nSPS) is 28.6. The Balaban J connectivity index is 1.32. The summed E-state index contributed by atoms with van der Waals surface area (Å²) in [6, 6.07) is 8.29. The number of ketones is 1. The molecule has 0 saturated carbocycles. The smallest absolute Gasteiger partial charge is 0.258 e. The molecule has 0 radical (unpaired) electrons. The lowest BCUT2D eigenvalue weighted by atomic mass is 10.00. The Morgan fingerprint density at radius 1 is 1.06 bits per heavy atom. The van der Waals surface area contributed by atoms with Crippen LogP contribution in [0.4, 0.5) is 0 Å². The van der Waals surface area contributed by atoms with E-state index < -0.39 is 21.7 Å². The summed E-state index contributed by atoms with van der Waals surface area (Å²) in [5.74, 6) is -0.360. The number of carbonyl (C=O) groups excluding carboxylic acids is 2. The van der Waals surface area contributed by atoms with E-state index in [1.54, 1.807) is 53.6 Å². The number of piperazine rings is 2. The van der Waals surface area contributed by atoms with Gasteiger partial charge in [0.1, 0.15) is 0 Å². The Kier molecular flexibility index (Phi) is 6.45. The standard InChI is InChI=1S/C23H26ClN5O4S/c24-21-15-29(34(32,33)17-5-2-1-3-6-17)22(11-26-21)27-10-9-25-16(12-27)13-28-14-19-18(23(28)31)7-4-8-20(19)30/h1-8,14,16,21-22,25-26H,9-13,15H2. The molecule has 1 aromatic rings. The van der Waals surface area contributed by atoms with Crippen LogP contribution in [0.15, 0.2) is 70.8 Å². The number of hydrogen-bond donors (Lipinski definition) is 2. The second kappa shape index (κ2) is 9.37. The fourth-order valence-electron chi connectivity index (χ4n) is 4.83. The van der Waals surface area contributed by atoms with Crippen LogP contribution in [0.1, 0.15) is 0 Å². The number of amides is 1. The van der Waals surface area contributed by atoms with E-state index in [1.165, 1.54) is 10.4 Å². The molecule has 11 heteroatoms. The van der Waals surface area contributed by atoms with E-state index in [1.807, 2.05) is 0 Å². The summed E-state index contributed by atoms with van der Waals surface area (Å²) in [7, 11) is -3.74. The van der Waals surface area contributed by atoms with Crippen LogP contribution in [0.3, 0.4) is 0 Å². The number of rotatable bonds is 5. The van der Waals surface area contributed by atoms with Crippen molar-refractivity contribution in [2.45, 2.75) is 22.6 Å². The van der Waals surface area contributed by atoms with E-state index in [4.69, 9.17) is 11.6 Å². The van der Waals surface area contributed by atoms with Crippen LogP contribution >= 0.6 is 11.6 Å². The van der Waals surface area contributed by atoms with Crippen LogP contribution in [0.5, 0.6) is 0 Å². The van der Waals surface area contributed by atoms with Crippen LogP contribution in [0.2, 0.25) is 0 Å². The molecule has 1 aliphatic carbocycles. The van der Waals surface area contributed by atoms with Gasteiger partial charge in [0, 0.05) is 51.5 Å². The van der Waals surface area contributed by atoms with Gasteiger partial charge in [-0.15, -0.1) is 11.6 Å². The molecule has 3 aliphatic heterocycles. The van der Waals surface area contributed by atoms with Gasteiger partial charge < -0.3 is 10.2 Å². The molecule has 1 amide bonds. The van der Waals surface area contributed by atoms with Gasteiger partial charge in [0.25, 0.3) is 5.91 Å². The molecule has 2 fully saturated rings. The summed E-state index contributed by atoms with van der Waals surface area (Å²) in [5.41, 5.74) is 0.361. The van der Waals surface area contributed by atoms with Gasteiger partial charge >= 0.3 is 0 Å².